The van der Waals surface area contributed by atoms with Gasteiger partial charge in [0.1, 0.15) is 5.82 Å². The molecule has 1 N–H and O–H groups in total. The molecule has 0 atom stereocenters. The van der Waals surface area contributed by atoms with Crippen molar-refractivity contribution in [2.75, 3.05) is 5.32 Å². The smallest absolute Gasteiger partial charge is 0.124 e. The highest BCUT2D eigenvalue weighted by Gasteiger charge is 2.02. The minimum atomic E-state index is -0.215. The number of benzene rings is 1. The third-order valence-electron chi connectivity index (χ3n) is 2.16. The zero-order valence-corrected chi connectivity index (χ0v) is 10.9. The molecule has 0 saturated carbocycles. The molecule has 16 heavy (non-hydrogen) atoms. The van der Waals surface area contributed by atoms with E-state index in [9.17, 15) is 4.39 Å². The number of halogens is 2. The first kappa shape index (κ1) is 11.4. The number of nitrogens with zero attached hydrogens (tertiary/aromatic N) is 2. The highest BCUT2D eigenvalue weighted by atomic mass is 127. The lowest BCUT2D eigenvalue weighted by Gasteiger charge is -2.06. The summed E-state index contributed by atoms with van der Waals surface area (Å²) in [6.45, 7) is 0.641. The second-order valence-electron chi connectivity index (χ2n) is 3.46. The third-order valence-corrected chi connectivity index (χ3v) is 3.05. The van der Waals surface area contributed by atoms with Crippen LogP contribution in [0.3, 0.4) is 0 Å². The maximum atomic E-state index is 12.9. The summed E-state index contributed by atoms with van der Waals surface area (Å²) in [4.78, 5) is 0. The van der Waals surface area contributed by atoms with Crippen molar-refractivity contribution in [3.05, 3.63) is 45.5 Å². The highest BCUT2D eigenvalue weighted by Crippen LogP contribution is 2.19. The van der Waals surface area contributed by atoms with Gasteiger partial charge in [0.15, 0.2) is 0 Å². The molecule has 0 aliphatic heterocycles. The summed E-state index contributed by atoms with van der Waals surface area (Å²) < 4.78 is 15.5. The van der Waals surface area contributed by atoms with Crippen LogP contribution in [0.15, 0.2) is 30.5 Å². The van der Waals surface area contributed by atoms with Gasteiger partial charge >= 0.3 is 0 Å². The fraction of sp³-hybridized carbons (Fsp3) is 0.182. The van der Waals surface area contributed by atoms with E-state index in [1.54, 1.807) is 10.7 Å². The van der Waals surface area contributed by atoms with Crippen LogP contribution in [0, 0.1) is 9.39 Å². The van der Waals surface area contributed by atoms with E-state index < -0.39 is 0 Å². The van der Waals surface area contributed by atoms with Crippen molar-refractivity contribution < 1.29 is 4.39 Å². The van der Waals surface area contributed by atoms with Crippen molar-refractivity contribution >= 4 is 28.3 Å². The lowest BCUT2D eigenvalue weighted by molar-refractivity contribution is 0.627. The summed E-state index contributed by atoms with van der Waals surface area (Å²) in [5.74, 6) is -0.215. The Morgan fingerprint density at radius 1 is 1.44 bits per heavy atom. The Morgan fingerprint density at radius 2 is 2.25 bits per heavy atom. The largest absolute Gasteiger partial charge is 0.378 e. The maximum Gasteiger partial charge on any atom is 0.124 e. The van der Waals surface area contributed by atoms with E-state index in [0.717, 1.165) is 15.0 Å². The van der Waals surface area contributed by atoms with Crippen LogP contribution in [0.25, 0.3) is 0 Å². The van der Waals surface area contributed by atoms with Gasteiger partial charge in [-0.05, 0) is 46.9 Å². The van der Waals surface area contributed by atoms with Crippen molar-refractivity contribution in [1.82, 2.24) is 9.78 Å². The minimum Gasteiger partial charge on any atom is -0.378 e. The molecule has 0 aliphatic rings. The fourth-order valence-corrected chi connectivity index (χ4v) is 2.04. The molecule has 0 saturated heterocycles. The second-order valence-corrected chi connectivity index (χ2v) is 4.62. The van der Waals surface area contributed by atoms with Crippen LogP contribution in [-0.4, -0.2) is 9.78 Å². The SMILES string of the molecule is Cn1ccc(CNc2ccc(F)cc2I)n1. The van der Waals surface area contributed by atoms with E-state index in [1.165, 1.54) is 12.1 Å². The van der Waals surface area contributed by atoms with Crippen LogP contribution in [-0.2, 0) is 13.6 Å². The summed E-state index contributed by atoms with van der Waals surface area (Å²) in [5.41, 5.74) is 1.88. The zero-order chi connectivity index (χ0) is 11.5. The number of aryl methyl sites for hydroxylation is 1. The van der Waals surface area contributed by atoms with Crippen LogP contribution < -0.4 is 5.32 Å². The van der Waals surface area contributed by atoms with E-state index in [4.69, 9.17) is 0 Å². The summed E-state index contributed by atoms with van der Waals surface area (Å²) in [7, 11) is 1.88. The van der Waals surface area contributed by atoms with Crippen molar-refractivity contribution in [2.24, 2.45) is 7.05 Å². The fourth-order valence-electron chi connectivity index (χ4n) is 1.38. The molecule has 1 aromatic carbocycles. The monoisotopic (exact) mass is 331 g/mol. The Hall–Kier alpha value is -1.11. The van der Waals surface area contributed by atoms with Gasteiger partial charge in [-0.2, -0.15) is 5.10 Å². The predicted molar refractivity (Wildman–Crippen MR) is 69.7 cm³/mol. The molecule has 0 radical (unpaired) electrons. The summed E-state index contributed by atoms with van der Waals surface area (Å²) in [6, 6.07) is 6.63. The lowest BCUT2D eigenvalue weighted by atomic mass is 10.3. The number of hydrogen-bond donors (Lipinski definition) is 1. The van der Waals surface area contributed by atoms with Crippen molar-refractivity contribution in [2.45, 2.75) is 6.54 Å². The summed E-state index contributed by atoms with van der Waals surface area (Å²) >= 11 is 2.11. The van der Waals surface area contributed by atoms with Crippen LogP contribution >= 0.6 is 22.6 Å². The normalized spacial score (nSPS) is 10.4. The number of hydrogen-bond acceptors (Lipinski definition) is 2. The molecule has 0 spiro atoms. The Balaban J connectivity index is 2.04. The van der Waals surface area contributed by atoms with E-state index in [-0.39, 0.29) is 5.82 Å². The zero-order valence-electron chi connectivity index (χ0n) is 8.74. The predicted octanol–water partition coefficient (Wildman–Crippen LogP) is 2.78. The standard InChI is InChI=1S/C11H11FIN3/c1-16-5-4-9(15-16)7-14-11-3-2-8(12)6-10(11)13/h2-6,14H,7H2,1H3. The highest BCUT2D eigenvalue weighted by molar-refractivity contribution is 14.1. The van der Waals surface area contributed by atoms with Crippen molar-refractivity contribution in [3.63, 3.8) is 0 Å². The molecule has 84 valence electrons. The number of rotatable bonds is 3. The molecular formula is C11H11FIN3. The Labute approximate surface area is 107 Å². The van der Waals surface area contributed by atoms with E-state index in [2.05, 4.69) is 33.0 Å². The van der Waals surface area contributed by atoms with E-state index >= 15 is 0 Å². The van der Waals surface area contributed by atoms with Gasteiger partial charge in [0.2, 0.25) is 0 Å². The topological polar surface area (TPSA) is 29.9 Å². The van der Waals surface area contributed by atoms with Crippen LogP contribution in [0.5, 0.6) is 0 Å². The van der Waals surface area contributed by atoms with Crippen LogP contribution in [0.4, 0.5) is 10.1 Å². The quantitative estimate of drug-likeness (QED) is 0.877. The van der Waals surface area contributed by atoms with Gasteiger partial charge in [-0.3, -0.25) is 4.68 Å². The minimum absolute atomic E-state index is 0.215. The first-order valence-corrected chi connectivity index (χ1v) is 5.90. The molecule has 0 amide bonds. The van der Waals surface area contributed by atoms with Gasteiger partial charge < -0.3 is 5.32 Å². The van der Waals surface area contributed by atoms with Gasteiger partial charge in [-0.25, -0.2) is 4.39 Å². The molecule has 3 nitrogen and oxygen atoms in total. The number of aromatic nitrogens is 2. The summed E-state index contributed by atoms with van der Waals surface area (Å²) in [5, 5.41) is 7.47. The van der Waals surface area contributed by atoms with Crippen LogP contribution in [0.2, 0.25) is 0 Å². The number of nitrogens with one attached hydrogen (secondary N) is 1. The average Bonchev–Trinajstić information content (AvgIpc) is 2.63. The van der Waals surface area contributed by atoms with Crippen molar-refractivity contribution in [1.29, 1.82) is 0 Å². The van der Waals surface area contributed by atoms with Crippen molar-refractivity contribution in [3.8, 4) is 0 Å². The second kappa shape index (κ2) is 4.82. The lowest BCUT2D eigenvalue weighted by Crippen LogP contribution is -2.02. The average molecular weight is 331 g/mol. The molecule has 0 bridgehead atoms. The Morgan fingerprint density at radius 3 is 2.88 bits per heavy atom. The van der Waals surface area contributed by atoms with Gasteiger partial charge in [0.25, 0.3) is 0 Å². The molecule has 0 aliphatic carbocycles. The molecule has 5 heteroatoms. The first-order chi connectivity index (χ1) is 7.65. The molecular weight excluding hydrogens is 320 g/mol. The van der Waals surface area contributed by atoms with Gasteiger partial charge in [0.05, 0.1) is 12.2 Å². The molecule has 2 aromatic rings. The molecule has 0 fully saturated rings. The van der Waals surface area contributed by atoms with Crippen LogP contribution in [0.1, 0.15) is 5.69 Å². The Kier molecular flexibility index (Phi) is 3.42. The first-order valence-electron chi connectivity index (χ1n) is 4.82. The van der Waals surface area contributed by atoms with Gasteiger partial charge in [-0.1, -0.05) is 0 Å². The molecule has 1 aromatic heterocycles. The number of anilines is 1. The Bertz CT molecular complexity index is 496. The van der Waals surface area contributed by atoms with E-state index in [1.807, 2.05) is 19.3 Å². The van der Waals surface area contributed by atoms with Gasteiger partial charge in [0, 0.05) is 22.5 Å². The molecule has 2 rings (SSSR count). The molecule has 1 heterocycles. The summed E-state index contributed by atoms with van der Waals surface area (Å²) in [6.07, 6.45) is 1.90. The van der Waals surface area contributed by atoms with Gasteiger partial charge in [-0.15, -0.1) is 0 Å². The third kappa shape index (κ3) is 2.72. The maximum absolute atomic E-state index is 12.9. The van der Waals surface area contributed by atoms with E-state index in [0.29, 0.717) is 6.54 Å². The molecule has 0 unspecified atom stereocenters.